The second kappa shape index (κ2) is 12.2. The number of hydrazone groups is 1. The molecule has 4 N–H and O–H groups in total. The van der Waals surface area contributed by atoms with Crippen molar-refractivity contribution in [1.82, 2.24) is 16.2 Å². The van der Waals surface area contributed by atoms with E-state index in [1.165, 1.54) is 12.1 Å². The van der Waals surface area contributed by atoms with Crippen LogP contribution in [0, 0.1) is 10.1 Å². The Morgan fingerprint density at radius 2 is 1.70 bits per heavy atom. The fourth-order valence-electron chi connectivity index (χ4n) is 2.62. The van der Waals surface area contributed by atoms with Gasteiger partial charge in [-0.25, -0.2) is 5.48 Å². The van der Waals surface area contributed by atoms with E-state index in [2.05, 4.69) is 15.8 Å². The number of nitrogens with zero attached hydrogens (tertiary/aromatic N) is 2. The van der Waals surface area contributed by atoms with Gasteiger partial charge in [0, 0.05) is 36.2 Å². The average molecular weight is 430 g/mol. The Morgan fingerprint density at radius 3 is 2.33 bits per heavy atom. The molecule has 0 aliphatic carbocycles. The third kappa shape index (κ3) is 7.57. The number of hydrogen-bond donors (Lipinski definition) is 4. The van der Waals surface area contributed by atoms with Crippen LogP contribution >= 0.6 is 12.2 Å². The molecule has 10 heteroatoms. The normalized spacial score (nSPS) is 10.9. The maximum absolute atomic E-state index is 10.9. The van der Waals surface area contributed by atoms with Crippen molar-refractivity contribution in [3.05, 3.63) is 75.8 Å². The highest BCUT2D eigenvalue weighted by atomic mass is 32.1. The minimum Gasteiger partial charge on any atom is -0.361 e. The van der Waals surface area contributed by atoms with Crippen molar-refractivity contribution in [2.24, 2.45) is 5.10 Å². The number of hydrogen-bond acceptors (Lipinski definition) is 6. The highest BCUT2D eigenvalue weighted by Gasteiger charge is 2.10. The first-order valence-electron chi connectivity index (χ1n) is 9.36. The number of nitrogens with one attached hydrogen (secondary N) is 3. The lowest BCUT2D eigenvalue weighted by molar-refractivity contribution is -0.384. The van der Waals surface area contributed by atoms with Gasteiger partial charge in [-0.15, -0.1) is 0 Å². The van der Waals surface area contributed by atoms with Crippen LogP contribution in [0.15, 0.2) is 59.7 Å². The molecule has 2 rings (SSSR count). The molecule has 2 aromatic carbocycles. The molecule has 0 saturated carbocycles. The first kappa shape index (κ1) is 22.9. The predicted octanol–water partition coefficient (Wildman–Crippen LogP) is 2.88. The highest BCUT2D eigenvalue weighted by molar-refractivity contribution is 7.80. The number of nitro benzene ring substituents is 1. The smallest absolute Gasteiger partial charge is 0.269 e. The van der Waals surface area contributed by atoms with Gasteiger partial charge in [-0.3, -0.25) is 25.5 Å². The number of carbonyl (C=O) groups is 1. The Hall–Kier alpha value is -3.37. The zero-order valence-corrected chi connectivity index (χ0v) is 17.0. The van der Waals surface area contributed by atoms with Gasteiger partial charge in [0.05, 0.1) is 10.6 Å². The van der Waals surface area contributed by atoms with E-state index in [0.29, 0.717) is 29.4 Å². The second-order valence-corrected chi connectivity index (χ2v) is 6.75. The number of non-ortho nitro benzene ring substituents is 1. The summed E-state index contributed by atoms with van der Waals surface area (Å²) in [6.45, 7) is 0.611. The Kier molecular flexibility index (Phi) is 9.35. The van der Waals surface area contributed by atoms with Crippen LogP contribution in [0.5, 0.6) is 0 Å². The molecule has 0 radical (unpaired) electrons. The third-order valence-electron chi connectivity index (χ3n) is 4.16. The molecular formula is C20H23N5O4S. The maximum atomic E-state index is 10.9. The number of thiocarbonyl (C=S) groups is 1. The van der Waals surface area contributed by atoms with Crippen LogP contribution in [0.25, 0.3) is 0 Å². The van der Waals surface area contributed by atoms with Crippen molar-refractivity contribution in [3.63, 3.8) is 0 Å². The summed E-state index contributed by atoms with van der Waals surface area (Å²) >= 11 is 5.25. The van der Waals surface area contributed by atoms with Gasteiger partial charge in [-0.05, 0) is 37.2 Å². The monoisotopic (exact) mass is 429 g/mol. The van der Waals surface area contributed by atoms with Gasteiger partial charge in [0.15, 0.2) is 5.11 Å². The number of amides is 1. The van der Waals surface area contributed by atoms with Crippen molar-refractivity contribution in [2.75, 3.05) is 6.54 Å². The largest absolute Gasteiger partial charge is 0.361 e. The molecule has 0 aliphatic rings. The number of benzene rings is 2. The summed E-state index contributed by atoms with van der Waals surface area (Å²) in [6, 6.07) is 15.6. The summed E-state index contributed by atoms with van der Waals surface area (Å²) < 4.78 is 0. The summed E-state index contributed by atoms with van der Waals surface area (Å²) in [6.07, 6.45) is 2.56. The van der Waals surface area contributed by atoms with Crippen LogP contribution < -0.4 is 16.2 Å². The number of unbranched alkanes of at least 4 members (excludes halogenated alkanes) is 2. The molecule has 1 amide bonds. The summed E-state index contributed by atoms with van der Waals surface area (Å²) in [5.41, 5.74) is 6.57. The molecule has 0 unspecified atom stereocenters. The Labute approximate surface area is 179 Å². The van der Waals surface area contributed by atoms with Crippen molar-refractivity contribution >= 4 is 34.6 Å². The molecule has 2 aromatic rings. The topological polar surface area (TPSA) is 129 Å². The van der Waals surface area contributed by atoms with Crippen molar-refractivity contribution < 1.29 is 14.9 Å². The van der Waals surface area contributed by atoms with E-state index >= 15 is 0 Å². The quantitative estimate of drug-likeness (QED) is 0.114. The molecule has 0 spiro atoms. The molecule has 0 saturated heterocycles. The first-order valence-corrected chi connectivity index (χ1v) is 9.77. The minimum absolute atomic E-state index is 0.00720. The predicted molar refractivity (Wildman–Crippen MR) is 117 cm³/mol. The van der Waals surface area contributed by atoms with Crippen LogP contribution in [0.2, 0.25) is 0 Å². The fraction of sp³-hybridized carbons (Fsp3) is 0.250. The molecule has 0 bridgehead atoms. The third-order valence-corrected chi connectivity index (χ3v) is 4.39. The van der Waals surface area contributed by atoms with Gasteiger partial charge >= 0.3 is 0 Å². The van der Waals surface area contributed by atoms with E-state index in [9.17, 15) is 14.9 Å². The van der Waals surface area contributed by atoms with Crippen LogP contribution in [0.1, 0.15) is 36.8 Å². The van der Waals surface area contributed by atoms with E-state index in [-0.39, 0.29) is 12.1 Å². The SMILES string of the molecule is O=C(CCCCCNC(=S)N/N=C(\c1ccccc1)c1ccc([N+](=O)[O-])cc1)NO. The van der Waals surface area contributed by atoms with Crippen LogP contribution in [-0.2, 0) is 4.79 Å². The lowest BCUT2D eigenvalue weighted by atomic mass is 10.0. The van der Waals surface area contributed by atoms with Crippen LogP contribution in [-0.4, -0.2) is 33.4 Å². The summed E-state index contributed by atoms with van der Waals surface area (Å²) in [5, 5.41) is 27.1. The number of rotatable bonds is 10. The van der Waals surface area contributed by atoms with Crippen molar-refractivity contribution in [2.45, 2.75) is 25.7 Å². The lowest BCUT2D eigenvalue weighted by Crippen LogP contribution is -2.33. The summed E-state index contributed by atoms with van der Waals surface area (Å²) in [7, 11) is 0. The number of carbonyl (C=O) groups excluding carboxylic acids is 1. The van der Waals surface area contributed by atoms with Crippen LogP contribution in [0.4, 0.5) is 5.69 Å². The Bertz CT molecular complexity index is 888. The van der Waals surface area contributed by atoms with Crippen LogP contribution in [0.3, 0.4) is 0 Å². The summed E-state index contributed by atoms with van der Waals surface area (Å²) in [4.78, 5) is 21.4. The fourth-order valence-corrected chi connectivity index (χ4v) is 2.77. The zero-order chi connectivity index (χ0) is 21.8. The highest BCUT2D eigenvalue weighted by Crippen LogP contribution is 2.16. The van der Waals surface area contributed by atoms with Gasteiger partial charge in [0.25, 0.3) is 5.69 Å². The molecule has 0 fully saturated rings. The van der Waals surface area contributed by atoms with Gasteiger partial charge in [0.2, 0.25) is 5.91 Å². The maximum Gasteiger partial charge on any atom is 0.269 e. The minimum atomic E-state index is -0.448. The summed E-state index contributed by atoms with van der Waals surface area (Å²) in [5.74, 6) is -0.394. The second-order valence-electron chi connectivity index (χ2n) is 6.34. The molecule has 30 heavy (non-hydrogen) atoms. The van der Waals surface area contributed by atoms with E-state index in [4.69, 9.17) is 17.4 Å². The van der Waals surface area contributed by atoms with Gasteiger partial charge in [-0.2, -0.15) is 5.10 Å². The molecule has 0 aromatic heterocycles. The zero-order valence-electron chi connectivity index (χ0n) is 16.2. The molecule has 9 nitrogen and oxygen atoms in total. The average Bonchev–Trinajstić information content (AvgIpc) is 2.77. The van der Waals surface area contributed by atoms with E-state index in [0.717, 1.165) is 18.4 Å². The van der Waals surface area contributed by atoms with Gasteiger partial charge < -0.3 is 5.32 Å². The van der Waals surface area contributed by atoms with E-state index in [1.807, 2.05) is 30.3 Å². The molecule has 0 atom stereocenters. The standard InChI is InChI=1S/C20H23N5O4S/c26-18(24-27)9-5-2-6-14-21-20(30)23-22-19(15-7-3-1-4-8-15)16-10-12-17(13-11-16)25(28)29/h1,3-4,7-8,10-13,27H,2,5-6,9,14H2,(H,24,26)(H2,21,23,30)/b22-19+. The van der Waals surface area contributed by atoms with Crippen molar-refractivity contribution in [3.8, 4) is 0 Å². The molecule has 158 valence electrons. The Balaban J connectivity index is 1.95. The molecular weight excluding hydrogens is 406 g/mol. The lowest BCUT2D eigenvalue weighted by Gasteiger charge is -2.10. The van der Waals surface area contributed by atoms with Crippen molar-refractivity contribution in [1.29, 1.82) is 0 Å². The molecule has 0 heterocycles. The van der Waals surface area contributed by atoms with Gasteiger partial charge in [0.1, 0.15) is 0 Å². The first-order chi connectivity index (χ1) is 14.5. The van der Waals surface area contributed by atoms with E-state index < -0.39 is 10.8 Å². The molecule has 0 aliphatic heterocycles. The number of nitro groups is 1. The van der Waals surface area contributed by atoms with E-state index in [1.54, 1.807) is 17.6 Å². The number of hydroxylamine groups is 1. The van der Waals surface area contributed by atoms with Gasteiger partial charge in [-0.1, -0.05) is 36.8 Å². The Morgan fingerprint density at radius 1 is 1.03 bits per heavy atom.